The zero-order valence-corrected chi connectivity index (χ0v) is 15.5. The monoisotopic (exact) mass is 335 g/mol. The van der Waals surface area contributed by atoms with Gasteiger partial charge in [-0.3, -0.25) is 10.4 Å². The van der Waals surface area contributed by atoms with Crippen LogP contribution in [0.15, 0.2) is 29.5 Å². The van der Waals surface area contributed by atoms with Gasteiger partial charge in [-0.2, -0.15) is 5.10 Å². The Balaban J connectivity index is 2.30. The molecule has 1 rings (SSSR count). The molecule has 5 nitrogen and oxygen atoms in total. The molecule has 0 saturated heterocycles. The van der Waals surface area contributed by atoms with E-state index in [2.05, 4.69) is 46.5 Å². The van der Waals surface area contributed by atoms with E-state index in [1.54, 1.807) is 6.20 Å². The van der Waals surface area contributed by atoms with Gasteiger partial charge >= 0.3 is 0 Å². The fourth-order valence-electron chi connectivity index (χ4n) is 2.26. The lowest BCUT2D eigenvalue weighted by Crippen LogP contribution is -2.39. The number of thiocarbonyl (C=S) groups is 1. The summed E-state index contributed by atoms with van der Waals surface area (Å²) in [6.07, 6.45) is 4.00. The molecule has 0 saturated carbocycles. The predicted molar refractivity (Wildman–Crippen MR) is 102 cm³/mol. The number of rotatable bonds is 9. The first-order valence-electron chi connectivity index (χ1n) is 8.31. The normalized spacial score (nSPS) is 13.0. The topological polar surface area (TPSA) is 52.5 Å². The summed E-state index contributed by atoms with van der Waals surface area (Å²) in [4.78, 5) is 6.69. The van der Waals surface area contributed by atoms with Gasteiger partial charge in [-0.1, -0.05) is 19.9 Å². The van der Waals surface area contributed by atoms with Crippen LogP contribution in [0.2, 0.25) is 0 Å². The van der Waals surface area contributed by atoms with Crippen LogP contribution in [0, 0.1) is 0 Å². The van der Waals surface area contributed by atoms with Gasteiger partial charge in [-0.25, -0.2) is 0 Å². The van der Waals surface area contributed by atoms with Crippen molar-refractivity contribution in [3.8, 4) is 0 Å². The molecule has 6 heteroatoms. The minimum atomic E-state index is 0.330. The molecule has 1 aromatic heterocycles. The number of hydrazone groups is 1. The second-order valence-corrected chi connectivity index (χ2v) is 5.98. The Morgan fingerprint density at radius 3 is 2.70 bits per heavy atom. The molecule has 1 heterocycles. The van der Waals surface area contributed by atoms with Crippen molar-refractivity contribution in [2.45, 2.75) is 46.6 Å². The highest BCUT2D eigenvalue weighted by molar-refractivity contribution is 7.80. The highest BCUT2D eigenvalue weighted by Gasteiger charge is 2.06. The quantitative estimate of drug-likeness (QED) is 0.413. The number of nitrogens with one attached hydrogen (secondary N) is 2. The van der Waals surface area contributed by atoms with E-state index < -0.39 is 0 Å². The first-order chi connectivity index (χ1) is 11.1. The van der Waals surface area contributed by atoms with E-state index in [1.165, 1.54) is 0 Å². The van der Waals surface area contributed by atoms with Gasteiger partial charge in [0, 0.05) is 12.2 Å². The molecule has 128 valence electrons. The van der Waals surface area contributed by atoms with Crippen LogP contribution < -0.4 is 10.7 Å². The zero-order valence-electron chi connectivity index (χ0n) is 14.7. The van der Waals surface area contributed by atoms with Crippen LogP contribution in [-0.2, 0) is 0 Å². The smallest absolute Gasteiger partial charge is 0.187 e. The molecule has 0 spiro atoms. The van der Waals surface area contributed by atoms with Crippen molar-refractivity contribution in [2.24, 2.45) is 5.10 Å². The van der Waals surface area contributed by atoms with E-state index in [0.29, 0.717) is 11.2 Å². The van der Waals surface area contributed by atoms with E-state index >= 15 is 0 Å². The van der Waals surface area contributed by atoms with Crippen LogP contribution >= 0.6 is 12.2 Å². The van der Waals surface area contributed by atoms with Crippen LogP contribution in [-0.4, -0.2) is 46.4 Å². The van der Waals surface area contributed by atoms with Gasteiger partial charge in [0.05, 0.1) is 11.4 Å². The molecule has 0 bridgehead atoms. The summed E-state index contributed by atoms with van der Waals surface area (Å²) >= 11 is 5.29. The second-order valence-electron chi connectivity index (χ2n) is 5.57. The molecule has 0 aromatic carbocycles. The number of hydrogen-bond acceptors (Lipinski definition) is 4. The molecule has 1 unspecified atom stereocenters. The number of nitrogens with zero attached hydrogens (tertiary/aromatic N) is 3. The summed E-state index contributed by atoms with van der Waals surface area (Å²) in [5, 5.41) is 8.10. The Morgan fingerprint density at radius 2 is 2.09 bits per heavy atom. The summed E-state index contributed by atoms with van der Waals surface area (Å²) in [6.45, 7) is 11.8. The van der Waals surface area contributed by atoms with Crippen LogP contribution in [0.3, 0.4) is 0 Å². The fraction of sp³-hybridized carbons (Fsp3) is 0.588. The van der Waals surface area contributed by atoms with Crippen molar-refractivity contribution in [3.05, 3.63) is 30.1 Å². The summed E-state index contributed by atoms with van der Waals surface area (Å²) < 4.78 is 0. The van der Waals surface area contributed by atoms with E-state index in [-0.39, 0.29) is 0 Å². The van der Waals surface area contributed by atoms with Crippen molar-refractivity contribution in [2.75, 3.05) is 19.6 Å². The van der Waals surface area contributed by atoms with Crippen LogP contribution in [0.5, 0.6) is 0 Å². The maximum Gasteiger partial charge on any atom is 0.187 e. The average molecular weight is 336 g/mol. The molecule has 2 N–H and O–H groups in total. The number of aromatic nitrogens is 1. The van der Waals surface area contributed by atoms with E-state index in [9.17, 15) is 0 Å². The minimum Gasteiger partial charge on any atom is -0.359 e. The standard InChI is InChI=1S/C17H29N5S/c1-5-22(6-2)13-9-10-14(3)19-17(23)21-20-15(4)16-11-7-8-12-18-16/h7-8,11-12,14H,5-6,9-10,13H2,1-4H3,(H2,19,21,23). The van der Waals surface area contributed by atoms with Crippen LogP contribution in [0.1, 0.15) is 46.2 Å². The molecule has 0 aliphatic heterocycles. The van der Waals surface area contributed by atoms with Gasteiger partial charge in [0.2, 0.25) is 0 Å². The summed E-state index contributed by atoms with van der Waals surface area (Å²) in [7, 11) is 0. The SMILES string of the molecule is CCN(CC)CCCC(C)NC(=S)NN=C(C)c1ccccn1. The van der Waals surface area contributed by atoms with Crippen molar-refractivity contribution >= 4 is 23.0 Å². The Bertz CT molecular complexity index is 485. The molecular formula is C17H29N5S. The molecule has 23 heavy (non-hydrogen) atoms. The summed E-state index contributed by atoms with van der Waals surface area (Å²) in [5.74, 6) is 0. The largest absolute Gasteiger partial charge is 0.359 e. The van der Waals surface area contributed by atoms with Gasteiger partial charge in [0.15, 0.2) is 5.11 Å². The highest BCUT2D eigenvalue weighted by atomic mass is 32.1. The Hall–Kier alpha value is -1.53. The van der Waals surface area contributed by atoms with Crippen molar-refractivity contribution < 1.29 is 0 Å². The molecule has 0 radical (unpaired) electrons. The summed E-state index contributed by atoms with van der Waals surface area (Å²) in [5.41, 5.74) is 4.54. The Labute approximate surface area is 145 Å². The number of hydrogen-bond donors (Lipinski definition) is 2. The molecule has 0 aliphatic rings. The maximum atomic E-state index is 5.29. The Morgan fingerprint density at radius 1 is 1.35 bits per heavy atom. The zero-order chi connectivity index (χ0) is 17.1. The van der Waals surface area contributed by atoms with E-state index in [1.807, 2.05) is 25.1 Å². The molecule has 1 atom stereocenters. The fourth-order valence-corrected chi connectivity index (χ4v) is 2.50. The molecule has 1 aromatic rings. The first kappa shape index (κ1) is 19.5. The van der Waals surface area contributed by atoms with Gasteiger partial charge in [-0.05, 0) is 70.7 Å². The molecule has 0 aliphatic carbocycles. The van der Waals surface area contributed by atoms with Crippen LogP contribution in [0.25, 0.3) is 0 Å². The van der Waals surface area contributed by atoms with Gasteiger partial charge in [-0.15, -0.1) is 0 Å². The van der Waals surface area contributed by atoms with Gasteiger partial charge < -0.3 is 10.2 Å². The lowest BCUT2D eigenvalue weighted by molar-refractivity contribution is 0.292. The third-order valence-corrected chi connectivity index (χ3v) is 3.95. The van der Waals surface area contributed by atoms with E-state index in [0.717, 1.165) is 43.9 Å². The van der Waals surface area contributed by atoms with E-state index in [4.69, 9.17) is 12.2 Å². The minimum absolute atomic E-state index is 0.330. The van der Waals surface area contributed by atoms with Gasteiger partial charge in [0.1, 0.15) is 0 Å². The highest BCUT2D eigenvalue weighted by Crippen LogP contribution is 2.00. The maximum absolute atomic E-state index is 5.29. The number of pyridine rings is 1. The third kappa shape index (κ3) is 8.04. The molecular weight excluding hydrogens is 306 g/mol. The Kier molecular flexibility index (Phi) is 9.40. The van der Waals surface area contributed by atoms with Crippen molar-refractivity contribution in [3.63, 3.8) is 0 Å². The van der Waals surface area contributed by atoms with Crippen LogP contribution in [0.4, 0.5) is 0 Å². The predicted octanol–water partition coefficient (Wildman–Crippen LogP) is 2.78. The van der Waals surface area contributed by atoms with Crippen molar-refractivity contribution in [1.82, 2.24) is 20.6 Å². The first-order valence-corrected chi connectivity index (χ1v) is 8.72. The lowest BCUT2D eigenvalue weighted by atomic mass is 10.2. The third-order valence-electron chi connectivity index (χ3n) is 3.74. The van der Waals surface area contributed by atoms with Crippen molar-refractivity contribution in [1.29, 1.82) is 0 Å². The lowest BCUT2D eigenvalue weighted by Gasteiger charge is -2.20. The summed E-state index contributed by atoms with van der Waals surface area (Å²) in [6, 6.07) is 6.08. The second kappa shape index (κ2) is 11.1. The van der Waals surface area contributed by atoms with Gasteiger partial charge in [0.25, 0.3) is 0 Å². The molecule has 0 amide bonds. The molecule has 0 fully saturated rings. The average Bonchev–Trinajstić information content (AvgIpc) is 2.57.